The largest absolute Gasteiger partial charge is 0.366 e. The van der Waals surface area contributed by atoms with Crippen LogP contribution in [0.25, 0.3) is 0 Å². The van der Waals surface area contributed by atoms with E-state index in [9.17, 15) is 4.79 Å². The Morgan fingerprint density at radius 3 is 2.72 bits per heavy atom. The Morgan fingerprint density at radius 1 is 1.39 bits per heavy atom. The second-order valence-electron chi connectivity index (χ2n) is 3.69. The molecule has 1 heterocycles. The van der Waals surface area contributed by atoms with Crippen molar-refractivity contribution in [2.24, 2.45) is 0 Å². The molecule has 0 radical (unpaired) electrons. The highest BCUT2D eigenvalue weighted by Gasteiger charge is 2.16. The highest BCUT2D eigenvalue weighted by atomic mass is 127. The van der Waals surface area contributed by atoms with E-state index in [2.05, 4.69) is 9.97 Å². The Bertz CT molecular complexity index is 569. The van der Waals surface area contributed by atoms with Gasteiger partial charge in [-0.15, -0.1) is 0 Å². The van der Waals surface area contributed by atoms with E-state index in [1.807, 2.05) is 59.8 Å². The molecule has 1 N–H and O–H groups in total. The fourth-order valence-electron chi connectivity index (χ4n) is 1.65. The average molecular weight is 356 g/mol. The highest BCUT2D eigenvalue weighted by molar-refractivity contribution is 14.1. The number of ether oxygens (including phenoxy) is 1. The molecule has 0 aliphatic rings. The molecule has 1 aromatic heterocycles. The van der Waals surface area contributed by atoms with E-state index in [0.29, 0.717) is 16.0 Å². The third kappa shape index (κ3) is 2.97. The molecule has 2 aromatic rings. The van der Waals surface area contributed by atoms with Gasteiger partial charge >= 0.3 is 0 Å². The lowest BCUT2D eigenvalue weighted by Gasteiger charge is -2.16. The number of aromatic amines is 1. The maximum Gasteiger partial charge on any atom is 0.264 e. The summed E-state index contributed by atoms with van der Waals surface area (Å²) in [6.45, 7) is 2.47. The van der Waals surface area contributed by atoms with Crippen LogP contribution in [0.3, 0.4) is 0 Å². The number of benzene rings is 1. The molecule has 4 nitrogen and oxygen atoms in total. The van der Waals surface area contributed by atoms with Crippen molar-refractivity contribution in [1.29, 1.82) is 0 Å². The smallest absolute Gasteiger partial charge is 0.264 e. The predicted octanol–water partition coefficient (Wildman–Crippen LogP) is 2.50. The molecule has 2 rings (SSSR count). The summed E-state index contributed by atoms with van der Waals surface area (Å²) in [5.41, 5.74) is 0.838. The van der Waals surface area contributed by atoms with Crippen LogP contribution < -0.4 is 5.56 Å². The third-order valence-electron chi connectivity index (χ3n) is 2.46. The van der Waals surface area contributed by atoms with Crippen molar-refractivity contribution in [3.05, 3.63) is 61.8 Å². The second-order valence-corrected chi connectivity index (χ2v) is 4.85. The number of aromatic nitrogens is 2. The van der Waals surface area contributed by atoms with E-state index in [0.717, 1.165) is 5.56 Å². The van der Waals surface area contributed by atoms with Gasteiger partial charge in [-0.05, 0) is 35.1 Å². The van der Waals surface area contributed by atoms with Gasteiger partial charge in [0.1, 0.15) is 11.9 Å². The summed E-state index contributed by atoms with van der Waals surface area (Å²) >= 11 is 1.95. The maximum atomic E-state index is 11.6. The molecule has 1 aromatic carbocycles. The van der Waals surface area contributed by atoms with Gasteiger partial charge in [0, 0.05) is 12.8 Å². The highest BCUT2D eigenvalue weighted by Crippen LogP contribution is 2.22. The molecule has 94 valence electrons. The van der Waals surface area contributed by atoms with Crippen LogP contribution in [0, 0.1) is 3.57 Å². The van der Waals surface area contributed by atoms with Crippen molar-refractivity contribution < 1.29 is 4.74 Å². The Morgan fingerprint density at radius 2 is 2.11 bits per heavy atom. The molecule has 0 aliphatic carbocycles. The van der Waals surface area contributed by atoms with Crippen molar-refractivity contribution in [2.75, 3.05) is 6.61 Å². The fourth-order valence-corrected chi connectivity index (χ4v) is 1.93. The normalized spacial score (nSPS) is 12.3. The Labute approximate surface area is 119 Å². The molecular weight excluding hydrogens is 343 g/mol. The maximum absolute atomic E-state index is 11.6. The van der Waals surface area contributed by atoms with E-state index in [4.69, 9.17) is 4.74 Å². The fraction of sp³-hybridized carbons (Fsp3) is 0.231. The van der Waals surface area contributed by atoms with Gasteiger partial charge in [0.25, 0.3) is 5.56 Å². The number of nitrogens with one attached hydrogen (secondary N) is 1. The molecule has 1 unspecified atom stereocenters. The van der Waals surface area contributed by atoms with Crippen LogP contribution in [0.15, 0.2) is 41.3 Å². The first-order chi connectivity index (χ1) is 8.72. The van der Waals surface area contributed by atoms with Crippen molar-refractivity contribution in [3.8, 4) is 0 Å². The zero-order valence-electron chi connectivity index (χ0n) is 9.89. The van der Waals surface area contributed by atoms with Gasteiger partial charge in [-0.3, -0.25) is 4.79 Å². The van der Waals surface area contributed by atoms with Crippen molar-refractivity contribution in [3.63, 3.8) is 0 Å². The second kappa shape index (κ2) is 6.10. The number of halogens is 1. The Balaban J connectivity index is 2.41. The summed E-state index contributed by atoms with van der Waals surface area (Å²) in [5.74, 6) is 0.536. The minimum absolute atomic E-state index is 0.138. The minimum Gasteiger partial charge on any atom is -0.366 e. The summed E-state index contributed by atoms with van der Waals surface area (Å²) in [5, 5.41) is 0. The molecule has 18 heavy (non-hydrogen) atoms. The minimum atomic E-state index is -0.333. The van der Waals surface area contributed by atoms with Crippen LogP contribution in [-0.4, -0.2) is 16.6 Å². The SMILES string of the molecule is CCOC(c1ccccc1)c1ncc(I)c(=O)[nH]1. The molecule has 0 saturated carbocycles. The topological polar surface area (TPSA) is 55.0 Å². The van der Waals surface area contributed by atoms with Gasteiger partial charge < -0.3 is 9.72 Å². The molecule has 1 atom stereocenters. The zero-order valence-corrected chi connectivity index (χ0v) is 12.0. The monoisotopic (exact) mass is 356 g/mol. The standard InChI is InChI=1S/C13H13IN2O2/c1-2-18-11(9-6-4-3-5-7-9)12-15-8-10(14)13(17)16-12/h3-8,11H,2H2,1H3,(H,15,16,17). The van der Waals surface area contributed by atoms with Gasteiger partial charge in [-0.2, -0.15) is 0 Å². The summed E-state index contributed by atoms with van der Waals surface area (Å²) in [4.78, 5) is 18.6. The predicted molar refractivity (Wildman–Crippen MR) is 77.5 cm³/mol. The van der Waals surface area contributed by atoms with Crippen LogP contribution in [0.5, 0.6) is 0 Å². The van der Waals surface area contributed by atoms with Crippen LogP contribution in [0.1, 0.15) is 24.4 Å². The molecule has 0 fully saturated rings. The summed E-state index contributed by atoms with van der Waals surface area (Å²) in [7, 11) is 0. The first-order valence-corrected chi connectivity index (χ1v) is 6.71. The summed E-state index contributed by atoms with van der Waals surface area (Å²) in [6.07, 6.45) is 1.23. The van der Waals surface area contributed by atoms with Gasteiger partial charge in [0.05, 0.1) is 3.57 Å². The lowest BCUT2D eigenvalue weighted by molar-refractivity contribution is 0.0849. The van der Waals surface area contributed by atoms with Crippen LogP contribution in [0.4, 0.5) is 0 Å². The van der Waals surface area contributed by atoms with Gasteiger partial charge in [0.15, 0.2) is 0 Å². The van der Waals surface area contributed by atoms with E-state index in [1.54, 1.807) is 6.20 Å². The van der Waals surface area contributed by atoms with E-state index in [-0.39, 0.29) is 11.7 Å². The van der Waals surface area contributed by atoms with Crippen LogP contribution in [-0.2, 0) is 4.74 Å². The Kier molecular flexibility index (Phi) is 4.48. The van der Waals surface area contributed by atoms with Crippen molar-refractivity contribution >= 4 is 22.6 Å². The lowest BCUT2D eigenvalue weighted by Crippen LogP contribution is -2.18. The van der Waals surface area contributed by atoms with Crippen molar-refractivity contribution in [1.82, 2.24) is 9.97 Å². The van der Waals surface area contributed by atoms with Crippen molar-refractivity contribution in [2.45, 2.75) is 13.0 Å². The van der Waals surface area contributed by atoms with E-state index in [1.165, 1.54) is 0 Å². The number of nitrogens with zero attached hydrogens (tertiary/aromatic N) is 1. The molecule has 0 saturated heterocycles. The molecule has 0 amide bonds. The zero-order chi connectivity index (χ0) is 13.0. The van der Waals surface area contributed by atoms with Gasteiger partial charge in [-0.1, -0.05) is 30.3 Å². The number of hydrogen-bond donors (Lipinski definition) is 1. The molecule has 0 aliphatic heterocycles. The Hall–Kier alpha value is -1.21. The molecular formula is C13H13IN2O2. The van der Waals surface area contributed by atoms with Crippen LogP contribution >= 0.6 is 22.6 Å². The van der Waals surface area contributed by atoms with Crippen LogP contribution in [0.2, 0.25) is 0 Å². The molecule has 0 bridgehead atoms. The molecule has 0 spiro atoms. The summed E-state index contributed by atoms with van der Waals surface area (Å²) < 4.78 is 6.24. The number of rotatable bonds is 4. The quantitative estimate of drug-likeness (QED) is 0.857. The summed E-state index contributed by atoms with van der Waals surface area (Å²) in [6, 6.07) is 9.73. The molecule has 5 heteroatoms. The number of hydrogen-bond acceptors (Lipinski definition) is 3. The van der Waals surface area contributed by atoms with E-state index >= 15 is 0 Å². The first kappa shape index (κ1) is 13.2. The average Bonchev–Trinajstić information content (AvgIpc) is 2.40. The third-order valence-corrected chi connectivity index (χ3v) is 3.23. The van der Waals surface area contributed by atoms with Gasteiger partial charge in [0.2, 0.25) is 0 Å². The number of H-pyrrole nitrogens is 1. The lowest BCUT2D eigenvalue weighted by atomic mass is 10.1. The first-order valence-electron chi connectivity index (χ1n) is 5.63. The van der Waals surface area contributed by atoms with Gasteiger partial charge in [-0.25, -0.2) is 4.98 Å². The van der Waals surface area contributed by atoms with E-state index < -0.39 is 0 Å².